The molecule has 0 aliphatic carbocycles. The van der Waals surface area contributed by atoms with Gasteiger partial charge in [-0.05, 0) is 155 Å². The van der Waals surface area contributed by atoms with Crippen molar-refractivity contribution in [2.75, 3.05) is 9.80 Å². The van der Waals surface area contributed by atoms with E-state index in [-0.39, 0.29) is 0 Å². The molecule has 0 aromatic heterocycles. The van der Waals surface area contributed by atoms with Crippen LogP contribution < -0.4 is 9.80 Å². The topological polar surface area (TPSA) is 6.48 Å². The quantitative estimate of drug-likeness (QED) is 0.134. The Morgan fingerprint density at radius 1 is 0.226 bits per heavy atom. The van der Waals surface area contributed by atoms with Gasteiger partial charge in [0.1, 0.15) is 0 Å². The molecule has 2 nitrogen and oxygen atoms in total. The van der Waals surface area contributed by atoms with Gasteiger partial charge in [0.25, 0.3) is 0 Å². The maximum absolute atomic E-state index is 2.42. The molecule has 0 aliphatic heterocycles. The highest BCUT2D eigenvalue weighted by atomic mass is 15.1. The first-order valence-corrected chi connectivity index (χ1v) is 21.5. The molecular weight excluding hydrogens is 749 g/mol. The summed E-state index contributed by atoms with van der Waals surface area (Å²) in [7, 11) is 0. The predicted octanol–water partition coefficient (Wildman–Crippen LogP) is 17.2. The summed E-state index contributed by atoms with van der Waals surface area (Å²) in [5.41, 5.74) is 18.8. The molecule has 0 fully saturated rings. The van der Waals surface area contributed by atoms with Crippen LogP contribution in [0.1, 0.15) is 22.3 Å². The molecule has 10 aromatic rings. The monoisotopic (exact) mass is 796 g/mol. The second kappa shape index (κ2) is 16.4. The average molecular weight is 797 g/mol. The van der Waals surface area contributed by atoms with Gasteiger partial charge in [-0.3, -0.25) is 0 Å². The van der Waals surface area contributed by atoms with E-state index in [1.807, 2.05) is 0 Å². The summed E-state index contributed by atoms with van der Waals surface area (Å²) in [6.07, 6.45) is 0. The molecule has 0 amide bonds. The van der Waals surface area contributed by atoms with Crippen LogP contribution in [0, 0.1) is 27.7 Å². The van der Waals surface area contributed by atoms with Gasteiger partial charge in [0.15, 0.2) is 0 Å². The zero-order valence-electron chi connectivity index (χ0n) is 35.7. The number of rotatable bonds is 9. The molecule has 0 atom stereocenters. The van der Waals surface area contributed by atoms with Crippen LogP contribution >= 0.6 is 0 Å². The minimum absolute atomic E-state index is 1.10. The Morgan fingerprint density at radius 2 is 0.500 bits per heavy atom. The van der Waals surface area contributed by atoms with Crippen molar-refractivity contribution in [1.29, 1.82) is 0 Å². The van der Waals surface area contributed by atoms with Gasteiger partial charge in [-0.15, -0.1) is 0 Å². The second-order valence-electron chi connectivity index (χ2n) is 16.5. The highest BCUT2D eigenvalue weighted by molar-refractivity contribution is 6.22. The Morgan fingerprint density at radius 3 is 0.855 bits per heavy atom. The fourth-order valence-electron chi connectivity index (χ4n) is 8.84. The molecule has 0 saturated heterocycles. The third-order valence-corrected chi connectivity index (χ3v) is 12.1. The van der Waals surface area contributed by atoms with Gasteiger partial charge in [-0.1, -0.05) is 168 Å². The van der Waals surface area contributed by atoms with Crippen LogP contribution in [-0.2, 0) is 0 Å². The van der Waals surface area contributed by atoms with E-state index in [9.17, 15) is 0 Å². The molecule has 10 rings (SSSR count). The van der Waals surface area contributed by atoms with Crippen LogP contribution in [0.25, 0.3) is 54.9 Å². The van der Waals surface area contributed by atoms with Gasteiger partial charge in [0.2, 0.25) is 0 Å². The molecule has 10 aromatic carbocycles. The van der Waals surface area contributed by atoms with Crippen LogP contribution in [0.15, 0.2) is 218 Å². The summed E-state index contributed by atoms with van der Waals surface area (Å²) in [5.74, 6) is 0. The lowest BCUT2D eigenvalue weighted by molar-refractivity contribution is 1.27. The van der Waals surface area contributed by atoms with E-state index in [0.29, 0.717) is 0 Å². The minimum atomic E-state index is 1.10. The van der Waals surface area contributed by atoms with Crippen molar-refractivity contribution in [3.8, 4) is 33.4 Å². The van der Waals surface area contributed by atoms with E-state index in [0.717, 1.165) is 34.1 Å². The molecule has 62 heavy (non-hydrogen) atoms. The van der Waals surface area contributed by atoms with E-state index in [1.165, 1.54) is 77.2 Å². The van der Waals surface area contributed by atoms with Crippen molar-refractivity contribution in [2.24, 2.45) is 0 Å². The highest BCUT2D eigenvalue weighted by Crippen LogP contribution is 2.48. The molecule has 0 spiro atoms. The van der Waals surface area contributed by atoms with Crippen molar-refractivity contribution in [1.82, 2.24) is 0 Å². The molecule has 0 radical (unpaired) electrons. The number of hydrogen-bond donors (Lipinski definition) is 0. The van der Waals surface area contributed by atoms with E-state index >= 15 is 0 Å². The van der Waals surface area contributed by atoms with Crippen LogP contribution in [0.2, 0.25) is 0 Å². The van der Waals surface area contributed by atoms with Crippen molar-refractivity contribution >= 4 is 55.7 Å². The normalized spacial score (nSPS) is 11.2. The first kappa shape index (κ1) is 38.5. The Kier molecular flexibility index (Phi) is 10.2. The van der Waals surface area contributed by atoms with Gasteiger partial charge >= 0.3 is 0 Å². The number of fused-ring (bicyclic) bond motifs is 2. The predicted molar refractivity (Wildman–Crippen MR) is 266 cm³/mol. The number of benzene rings is 10. The van der Waals surface area contributed by atoms with Gasteiger partial charge in [0, 0.05) is 34.1 Å². The molecule has 298 valence electrons. The van der Waals surface area contributed by atoms with Gasteiger partial charge < -0.3 is 9.80 Å². The smallest absolute Gasteiger partial charge is 0.0468 e. The molecular formula is C60H48N2. The lowest BCUT2D eigenvalue weighted by atomic mass is 9.85. The molecule has 0 bridgehead atoms. The minimum Gasteiger partial charge on any atom is -0.310 e. The number of anilines is 6. The molecule has 2 heteroatoms. The van der Waals surface area contributed by atoms with Crippen LogP contribution in [-0.4, -0.2) is 0 Å². The van der Waals surface area contributed by atoms with Crippen molar-refractivity contribution in [3.63, 3.8) is 0 Å². The first-order chi connectivity index (χ1) is 30.4. The van der Waals surface area contributed by atoms with Crippen LogP contribution in [0.5, 0.6) is 0 Å². The molecule has 0 heterocycles. The Bertz CT molecular complexity index is 3060. The molecule has 0 saturated carbocycles. The Labute approximate surface area is 365 Å². The van der Waals surface area contributed by atoms with E-state index < -0.39 is 0 Å². The van der Waals surface area contributed by atoms with Crippen molar-refractivity contribution in [3.05, 3.63) is 241 Å². The zero-order chi connectivity index (χ0) is 42.2. The third-order valence-electron chi connectivity index (χ3n) is 12.1. The van der Waals surface area contributed by atoms with E-state index in [1.54, 1.807) is 0 Å². The maximum atomic E-state index is 2.42. The highest BCUT2D eigenvalue weighted by Gasteiger charge is 2.22. The molecule has 0 unspecified atom stereocenters. The Hall–Kier alpha value is -7.68. The number of aryl methyl sites for hydroxylation is 4. The Balaban J connectivity index is 1.28. The summed E-state index contributed by atoms with van der Waals surface area (Å²) in [5, 5.41) is 4.81. The standard InChI is InChI=1S/C60H48N2/c1-41-15-27-49(28-16-41)61(50-29-17-42(2)18-30-50)53-36-38-56-57(39-53)59(47-13-9-6-10-14-47)55-37-35-54(62(51-31-19-43(3)20-32-51)52-33-21-44(4)22-34-52)40-58(55)60(56)48-25-23-46(24-26-48)45-11-7-5-8-12-45/h5-40H,1-4H3. The summed E-state index contributed by atoms with van der Waals surface area (Å²) in [6, 6.07) is 80.3. The second-order valence-corrected chi connectivity index (χ2v) is 16.5. The maximum Gasteiger partial charge on any atom is 0.0468 e. The molecule has 0 N–H and O–H groups in total. The summed E-state index contributed by atoms with van der Waals surface area (Å²) >= 11 is 0. The van der Waals surface area contributed by atoms with Crippen molar-refractivity contribution < 1.29 is 0 Å². The summed E-state index contributed by atoms with van der Waals surface area (Å²) in [6.45, 7) is 8.59. The SMILES string of the molecule is Cc1ccc(N(c2ccc(C)cc2)c2ccc3c(-c4ccc(-c5ccccc5)cc4)c4cc(N(c5ccc(C)cc5)c5ccc(C)cc5)ccc4c(-c4ccccc4)c3c2)cc1. The van der Waals surface area contributed by atoms with Crippen molar-refractivity contribution in [2.45, 2.75) is 27.7 Å². The van der Waals surface area contributed by atoms with Gasteiger partial charge in [0.05, 0.1) is 0 Å². The van der Waals surface area contributed by atoms with Crippen LogP contribution in [0.3, 0.4) is 0 Å². The lowest BCUT2D eigenvalue weighted by Gasteiger charge is -2.28. The van der Waals surface area contributed by atoms with Gasteiger partial charge in [-0.25, -0.2) is 0 Å². The fraction of sp³-hybridized carbons (Fsp3) is 0.0667. The van der Waals surface area contributed by atoms with Crippen LogP contribution in [0.4, 0.5) is 34.1 Å². The van der Waals surface area contributed by atoms with Gasteiger partial charge in [-0.2, -0.15) is 0 Å². The largest absolute Gasteiger partial charge is 0.310 e. The van der Waals surface area contributed by atoms with E-state index in [2.05, 4.69) is 256 Å². The summed E-state index contributed by atoms with van der Waals surface area (Å²) in [4.78, 5) is 4.77. The lowest BCUT2D eigenvalue weighted by Crippen LogP contribution is -2.10. The third kappa shape index (κ3) is 7.42. The zero-order valence-corrected chi connectivity index (χ0v) is 35.7. The first-order valence-electron chi connectivity index (χ1n) is 21.5. The fourth-order valence-corrected chi connectivity index (χ4v) is 8.84. The molecule has 0 aliphatic rings. The number of nitrogens with zero attached hydrogens (tertiary/aromatic N) is 2. The summed E-state index contributed by atoms with van der Waals surface area (Å²) < 4.78 is 0. The average Bonchev–Trinajstić information content (AvgIpc) is 3.31. The number of hydrogen-bond acceptors (Lipinski definition) is 2. The van der Waals surface area contributed by atoms with E-state index in [4.69, 9.17) is 0 Å².